The van der Waals surface area contributed by atoms with Crippen molar-refractivity contribution in [1.82, 2.24) is 4.57 Å². The molecule has 10 nitrogen and oxygen atoms in total. The maximum atomic E-state index is 12.6. The minimum absolute atomic E-state index is 0.243. The summed E-state index contributed by atoms with van der Waals surface area (Å²) in [5.74, 6) is -0.518. The number of carbonyl (C=O) groups is 4. The van der Waals surface area contributed by atoms with Gasteiger partial charge in [0.25, 0.3) is 11.8 Å². The quantitative estimate of drug-likeness (QED) is 0.150. The number of hydrogen-bond acceptors (Lipinski definition) is 7. The van der Waals surface area contributed by atoms with Gasteiger partial charge in [-0.15, -0.1) is 0 Å². The van der Waals surface area contributed by atoms with Crippen LogP contribution in [0.5, 0.6) is 11.5 Å². The highest BCUT2D eigenvalue weighted by Crippen LogP contribution is 2.30. The number of nitrogens with zero attached hydrogens (tertiary/aromatic N) is 1. The van der Waals surface area contributed by atoms with Gasteiger partial charge in [-0.25, -0.2) is 9.59 Å². The van der Waals surface area contributed by atoms with Crippen LogP contribution in [-0.2, 0) is 16.5 Å². The van der Waals surface area contributed by atoms with Gasteiger partial charge in [0.1, 0.15) is 11.5 Å². The van der Waals surface area contributed by atoms with E-state index in [1.807, 2.05) is 54.2 Å². The van der Waals surface area contributed by atoms with E-state index in [0.717, 1.165) is 15.4 Å². The van der Waals surface area contributed by atoms with Gasteiger partial charge >= 0.3 is 11.9 Å². The fourth-order valence-corrected chi connectivity index (χ4v) is 5.27. The first-order valence-electron chi connectivity index (χ1n) is 15.2. The number of nitrogens with one attached hydrogen (secondary N) is 2. The molecule has 0 aliphatic heterocycles. The van der Waals surface area contributed by atoms with Crippen LogP contribution in [0.15, 0.2) is 132 Å². The van der Waals surface area contributed by atoms with E-state index in [1.165, 1.54) is 14.2 Å². The number of methoxy groups -OCH3 is 2. The Balaban J connectivity index is 0.000000211. The Bertz CT molecular complexity index is 2170. The number of aryl methyl sites for hydroxylation is 1. The average Bonchev–Trinajstić information content (AvgIpc) is 3.51. The average molecular weight is 735 g/mol. The summed E-state index contributed by atoms with van der Waals surface area (Å²) in [4.78, 5) is 48.5. The third kappa shape index (κ3) is 8.63. The summed E-state index contributed by atoms with van der Waals surface area (Å²) in [6, 6.07) is 35.2. The van der Waals surface area contributed by atoms with Gasteiger partial charge in [0.05, 0.1) is 36.7 Å². The highest BCUT2D eigenvalue weighted by atomic mass is 79.9. The topological polar surface area (TPSA) is 125 Å². The van der Waals surface area contributed by atoms with E-state index in [2.05, 4.69) is 26.6 Å². The first-order valence-corrected chi connectivity index (χ1v) is 16.0. The molecular formula is C39H32BrN3O7. The van der Waals surface area contributed by atoms with Gasteiger partial charge in [0.2, 0.25) is 0 Å². The molecule has 0 saturated carbocycles. The van der Waals surface area contributed by atoms with Crippen LogP contribution in [0, 0.1) is 0 Å². The Morgan fingerprint density at radius 2 is 1.10 bits per heavy atom. The zero-order valence-corrected chi connectivity index (χ0v) is 28.9. The van der Waals surface area contributed by atoms with Crippen LogP contribution in [0.1, 0.15) is 41.4 Å². The van der Waals surface area contributed by atoms with Gasteiger partial charge < -0.3 is 29.4 Å². The van der Waals surface area contributed by atoms with Crippen LogP contribution in [0.25, 0.3) is 10.9 Å². The second-order valence-corrected chi connectivity index (χ2v) is 11.7. The number of carbonyl (C=O) groups excluding carboxylic acids is 4. The summed E-state index contributed by atoms with van der Waals surface area (Å²) in [5, 5.41) is 6.55. The molecule has 2 amide bonds. The first kappa shape index (κ1) is 35.1. The molecule has 252 valence electrons. The zero-order chi connectivity index (χ0) is 35.6. The van der Waals surface area contributed by atoms with Crippen molar-refractivity contribution in [2.24, 2.45) is 7.05 Å². The smallest absolute Gasteiger partial charge is 0.339 e. The molecule has 0 aliphatic carbocycles. The molecule has 50 heavy (non-hydrogen) atoms. The lowest BCUT2D eigenvalue weighted by Gasteiger charge is -2.13. The molecule has 1 aromatic heterocycles. The molecule has 6 rings (SSSR count). The van der Waals surface area contributed by atoms with Crippen molar-refractivity contribution in [3.05, 3.63) is 154 Å². The standard InChI is InChI=1S/C24H20N2O4.C15H12BrNO3/c1-26-13-12-17-14-18(9-11-22(17)26)30-19-8-10-20(24(28)29-2)21(15-19)25-23(27)16-6-4-3-5-7-16;1-20-15(19)12-8-7-11(16)9-13(12)17-14(18)10-5-3-2-4-6-10/h3-15H,1-2H3,(H,25,27);2-9H,1H3,(H,17,18). The predicted octanol–water partition coefficient (Wildman–Crippen LogP) is 8.50. The van der Waals surface area contributed by atoms with Crippen LogP contribution in [0.4, 0.5) is 11.4 Å². The number of hydrogen-bond donors (Lipinski definition) is 2. The zero-order valence-electron chi connectivity index (χ0n) is 27.3. The monoisotopic (exact) mass is 733 g/mol. The number of benzene rings is 5. The molecule has 0 bridgehead atoms. The van der Waals surface area contributed by atoms with Crippen molar-refractivity contribution in [2.75, 3.05) is 24.9 Å². The lowest BCUT2D eigenvalue weighted by molar-refractivity contribution is 0.0592. The molecule has 6 aromatic rings. The Labute approximate surface area is 296 Å². The van der Waals surface area contributed by atoms with Crippen LogP contribution in [-0.4, -0.2) is 42.5 Å². The second-order valence-electron chi connectivity index (χ2n) is 10.8. The van der Waals surface area contributed by atoms with E-state index in [-0.39, 0.29) is 17.4 Å². The van der Waals surface area contributed by atoms with Gasteiger partial charge in [0, 0.05) is 45.8 Å². The molecule has 0 saturated heterocycles. The fourth-order valence-electron chi connectivity index (χ4n) is 4.91. The molecule has 2 N–H and O–H groups in total. The van der Waals surface area contributed by atoms with Gasteiger partial charge in [-0.2, -0.15) is 0 Å². The number of rotatable bonds is 8. The molecule has 5 aromatic carbocycles. The Morgan fingerprint density at radius 1 is 0.600 bits per heavy atom. The van der Waals surface area contributed by atoms with Crippen molar-refractivity contribution in [3.63, 3.8) is 0 Å². The first-order chi connectivity index (χ1) is 24.2. The normalized spacial score (nSPS) is 10.3. The highest BCUT2D eigenvalue weighted by Gasteiger charge is 2.17. The number of amides is 2. The van der Waals surface area contributed by atoms with Gasteiger partial charge in [-0.05, 0) is 78.9 Å². The van der Waals surface area contributed by atoms with Gasteiger partial charge in [0.15, 0.2) is 0 Å². The Hall–Kier alpha value is -6.20. The van der Waals surface area contributed by atoms with E-state index in [0.29, 0.717) is 39.6 Å². The summed E-state index contributed by atoms with van der Waals surface area (Å²) in [5.41, 5.74) is 3.36. The second kappa shape index (κ2) is 16.3. The fraction of sp³-hybridized carbons (Fsp3) is 0.0769. The summed E-state index contributed by atoms with van der Waals surface area (Å²) in [6.45, 7) is 0. The molecule has 0 atom stereocenters. The summed E-state index contributed by atoms with van der Waals surface area (Å²) < 4.78 is 18.3. The van der Waals surface area contributed by atoms with Crippen molar-refractivity contribution >= 4 is 62.0 Å². The minimum Gasteiger partial charge on any atom is -0.465 e. The lowest BCUT2D eigenvalue weighted by Crippen LogP contribution is -2.15. The van der Waals surface area contributed by atoms with E-state index in [9.17, 15) is 19.2 Å². The number of anilines is 2. The van der Waals surface area contributed by atoms with Crippen LogP contribution < -0.4 is 15.4 Å². The van der Waals surface area contributed by atoms with E-state index < -0.39 is 11.9 Å². The SMILES string of the molecule is COC(=O)c1ccc(Br)cc1NC(=O)c1ccccc1.COC(=O)c1ccc(Oc2ccc3c(ccn3C)c2)cc1NC(=O)c1ccccc1. The van der Waals surface area contributed by atoms with Crippen LogP contribution in [0.3, 0.4) is 0 Å². The maximum absolute atomic E-state index is 12.6. The summed E-state index contributed by atoms with van der Waals surface area (Å²) in [6.07, 6.45) is 1.98. The Morgan fingerprint density at radius 3 is 1.66 bits per heavy atom. The lowest BCUT2D eigenvalue weighted by atomic mass is 10.1. The third-order valence-electron chi connectivity index (χ3n) is 7.44. The number of ether oxygens (including phenoxy) is 3. The molecule has 0 spiro atoms. The maximum Gasteiger partial charge on any atom is 0.339 e. The summed E-state index contributed by atoms with van der Waals surface area (Å²) >= 11 is 3.31. The molecule has 0 fully saturated rings. The van der Waals surface area contributed by atoms with Crippen molar-refractivity contribution in [1.29, 1.82) is 0 Å². The van der Waals surface area contributed by atoms with Gasteiger partial charge in [-0.1, -0.05) is 52.3 Å². The number of halogens is 1. The van der Waals surface area contributed by atoms with E-state index in [4.69, 9.17) is 14.2 Å². The molecule has 0 radical (unpaired) electrons. The number of fused-ring (bicyclic) bond motifs is 1. The number of aromatic nitrogens is 1. The van der Waals surface area contributed by atoms with Crippen molar-refractivity contribution in [3.8, 4) is 11.5 Å². The largest absolute Gasteiger partial charge is 0.465 e. The molecule has 0 aliphatic rings. The molecule has 0 unspecified atom stereocenters. The predicted molar refractivity (Wildman–Crippen MR) is 195 cm³/mol. The highest BCUT2D eigenvalue weighted by molar-refractivity contribution is 9.10. The minimum atomic E-state index is -0.546. The summed E-state index contributed by atoms with van der Waals surface area (Å²) in [7, 11) is 4.58. The van der Waals surface area contributed by atoms with E-state index in [1.54, 1.807) is 84.9 Å². The van der Waals surface area contributed by atoms with Crippen LogP contribution >= 0.6 is 15.9 Å². The van der Waals surface area contributed by atoms with E-state index >= 15 is 0 Å². The van der Waals surface area contributed by atoms with Crippen molar-refractivity contribution < 1.29 is 33.4 Å². The van der Waals surface area contributed by atoms with Gasteiger partial charge in [-0.3, -0.25) is 9.59 Å². The third-order valence-corrected chi connectivity index (χ3v) is 7.94. The number of esters is 2. The molecule has 1 heterocycles. The Kier molecular flexibility index (Phi) is 11.4. The van der Waals surface area contributed by atoms with Crippen LogP contribution in [0.2, 0.25) is 0 Å². The molecule has 11 heteroatoms. The van der Waals surface area contributed by atoms with Crippen molar-refractivity contribution in [2.45, 2.75) is 0 Å². The molecular weight excluding hydrogens is 702 g/mol.